The molecule has 0 aromatic carbocycles. The monoisotopic (exact) mass is 185 g/mol. The van der Waals surface area contributed by atoms with Crippen LogP contribution in [0.1, 0.15) is 25.7 Å². The summed E-state index contributed by atoms with van der Waals surface area (Å²) >= 11 is 0. The first kappa shape index (κ1) is 12.4. The highest BCUT2D eigenvalue weighted by Gasteiger charge is 2.25. The van der Waals surface area contributed by atoms with E-state index < -0.39 is 5.60 Å². The van der Waals surface area contributed by atoms with Crippen LogP contribution in [0.25, 0.3) is 0 Å². The molecule has 3 nitrogen and oxygen atoms in total. The molecule has 0 radical (unpaired) electrons. The highest BCUT2D eigenvalue weighted by atomic mass is 16.5. The number of ether oxygens (including phenoxy) is 1. The molecule has 1 unspecified atom stereocenters. The number of hydrogen-bond donors (Lipinski definition) is 2. The number of aliphatic hydroxyl groups is 1. The Morgan fingerprint density at radius 3 is 2.69 bits per heavy atom. The Kier molecular flexibility index (Phi) is 6.61. The summed E-state index contributed by atoms with van der Waals surface area (Å²) in [5, 5.41) is 10.00. The van der Waals surface area contributed by atoms with Crippen molar-refractivity contribution in [1.29, 1.82) is 0 Å². The van der Waals surface area contributed by atoms with E-state index in [-0.39, 0.29) is 0 Å². The third kappa shape index (κ3) is 5.64. The summed E-state index contributed by atoms with van der Waals surface area (Å²) in [6.07, 6.45) is 7.74. The minimum Gasteiger partial charge on any atom is -0.387 e. The van der Waals surface area contributed by atoms with Crippen LogP contribution in [0.15, 0.2) is 0 Å². The van der Waals surface area contributed by atoms with E-state index in [1.807, 2.05) is 0 Å². The van der Waals surface area contributed by atoms with Crippen molar-refractivity contribution in [3.8, 4) is 12.3 Å². The first-order chi connectivity index (χ1) is 6.18. The van der Waals surface area contributed by atoms with Gasteiger partial charge in [-0.15, -0.1) is 12.3 Å². The summed E-state index contributed by atoms with van der Waals surface area (Å²) in [5.41, 5.74) is 4.58. The van der Waals surface area contributed by atoms with Gasteiger partial charge in [-0.3, -0.25) is 0 Å². The second-order valence-corrected chi connectivity index (χ2v) is 3.25. The van der Waals surface area contributed by atoms with E-state index in [1.165, 1.54) is 0 Å². The molecule has 3 heteroatoms. The Morgan fingerprint density at radius 2 is 2.23 bits per heavy atom. The van der Waals surface area contributed by atoms with E-state index in [0.717, 1.165) is 6.42 Å². The van der Waals surface area contributed by atoms with Gasteiger partial charge >= 0.3 is 0 Å². The van der Waals surface area contributed by atoms with Crippen LogP contribution in [-0.4, -0.2) is 31.0 Å². The van der Waals surface area contributed by atoms with Gasteiger partial charge in [0, 0.05) is 13.5 Å². The predicted molar refractivity (Wildman–Crippen MR) is 53.2 cm³/mol. The number of hydrogen-bond acceptors (Lipinski definition) is 3. The molecule has 0 aromatic heterocycles. The van der Waals surface area contributed by atoms with Gasteiger partial charge in [0.05, 0.1) is 12.2 Å². The van der Waals surface area contributed by atoms with E-state index in [1.54, 1.807) is 7.11 Å². The fourth-order valence-electron chi connectivity index (χ4n) is 1.27. The summed E-state index contributed by atoms with van der Waals surface area (Å²) in [7, 11) is 1.57. The van der Waals surface area contributed by atoms with Crippen molar-refractivity contribution in [2.75, 3.05) is 20.3 Å². The summed E-state index contributed by atoms with van der Waals surface area (Å²) < 4.78 is 4.94. The topological polar surface area (TPSA) is 55.5 Å². The second-order valence-electron chi connectivity index (χ2n) is 3.25. The number of terminal acetylenes is 1. The number of rotatable bonds is 7. The van der Waals surface area contributed by atoms with Crippen LogP contribution in [0, 0.1) is 12.3 Å². The maximum Gasteiger partial charge on any atom is 0.0889 e. The highest BCUT2D eigenvalue weighted by Crippen LogP contribution is 2.19. The van der Waals surface area contributed by atoms with Crippen LogP contribution >= 0.6 is 0 Å². The van der Waals surface area contributed by atoms with Gasteiger partial charge in [0.2, 0.25) is 0 Å². The Balaban J connectivity index is 3.92. The van der Waals surface area contributed by atoms with Crippen molar-refractivity contribution in [2.24, 2.45) is 5.73 Å². The fourth-order valence-corrected chi connectivity index (χ4v) is 1.27. The SMILES string of the molecule is C#CCCC(O)(CCCN)COC. The Labute approximate surface area is 80.3 Å². The molecule has 0 rings (SSSR count). The fraction of sp³-hybridized carbons (Fsp3) is 0.800. The van der Waals surface area contributed by atoms with E-state index in [0.29, 0.717) is 32.4 Å². The van der Waals surface area contributed by atoms with Gasteiger partial charge in [-0.05, 0) is 25.8 Å². The van der Waals surface area contributed by atoms with E-state index in [2.05, 4.69) is 5.92 Å². The Hall–Kier alpha value is -0.560. The molecule has 0 aromatic rings. The third-order valence-electron chi connectivity index (χ3n) is 1.99. The zero-order valence-electron chi connectivity index (χ0n) is 8.25. The average molecular weight is 185 g/mol. The lowest BCUT2D eigenvalue weighted by atomic mass is 9.93. The van der Waals surface area contributed by atoms with Crippen molar-refractivity contribution in [3.05, 3.63) is 0 Å². The molecule has 13 heavy (non-hydrogen) atoms. The predicted octanol–water partition coefficient (Wildman–Crippen LogP) is 0.516. The van der Waals surface area contributed by atoms with Gasteiger partial charge in [0.25, 0.3) is 0 Å². The van der Waals surface area contributed by atoms with E-state index in [4.69, 9.17) is 16.9 Å². The molecule has 0 fully saturated rings. The molecular weight excluding hydrogens is 166 g/mol. The van der Waals surface area contributed by atoms with Crippen molar-refractivity contribution in [3.63, 3.8) is 0 Å². The second kappa shape index (κ2) is 6.90. The minimum atomic E-state index is -0.791. The summed E-state index contributed by atoms with van der Waals surface area (Å²) in [6, 6.07) is 0. The highest BCUT2D eigenvalue weighted by molar-refractivity contribution is 4.89. The molecular formula is C10H19NO2. The van der Waals surface area contributed by atoms with Crippen LogP contribution in [0.3, 0.4) is 0 Å². The van der Waals surface area contributed by atoms with Crippen molar-refractivity contribution in [2.45, 2.75) is 31.3 Å². The van der Waals surface area contributed by atoms with Gasteiger partial charge in [0.1, 0.15) is 0 Å². The first-order valence-corrected chi connectivity index (χ1v) is 4.53. The van der Waals surface area contributed by atoms with Gasteiger partial charge in [-0.1, -0.05) is 0 Å². The molecule has 0 amide bonds. The molecule has 0 saturated carbocycles. The molecule has 0 saturated heterocycles. The zero-order valence-corrected chi connectivity index (χ0v) is 8.25. The third-order valence-corrected chi connectivity index (χ3v) is 1.99. The van der Waals surface area contributed by atoms with Crippen molar-refractivity contribution < 1.29 is 9.84 Å². The molecule has 0 spiro atoms. The van der Waals surface area contributed by atoms with Crippen LogP contribution in [0.5, 0.6) is 0 Å². The maximum absolute atomic E-state index is 10.00. The summed E-state index contributed by atoms with van der Waals surface area (Å²) in [5.74, 6) is 2.51. The molecule has 0 aliphatic heterocycles. The summed E-state index contributed by atoms with van der Waals surface area (Å²) in [4.78, 5) is 0. The maximum atomic E-state index is 10.00. The minimum absolute atomic E-state index is 0.328. The zero-order chi connectivity index (χ0) is 10.2. The lowest BCUT2D eigenvalue weighted by molar-refractivity contribution is -0.0428. The van der Waals surface area contributed by atoms with Crippen LogP contribution < -0.4 is 5.73 Å². The molecule has 0 bridgehead atoms. The van der Waals surface area contributed by atoms with Crippen molar-refractivity contribution in [1.82, 2.24) is 0 Å². The van der Waals surface area contributed by atoms with Gasteiger partial charge in [-0.2, -0.15) is 0 Å². The lowest BCUT2D eigenvalue weighted by Crippen LogP contribution is -2.34. The number of nitrogens with two attached hydrogens (primary N) is 1. The van der Waals surface area contributed by atoms with Crippen molar-refractivity contribution >= 4 is 0 Å². The molecule has 0 aliphatic carbocycles. The van der Waals surface area contributed by atoms with Crippen LogP contribution in [-0.2, 0) is 4.74 Å². The molecule has 1 atom stereocenters. The average Bonchev–Trinajstić information content (AvgIpc) is 2.12. The smallest absolute Gasteiger partial charge is 0.0889 e. The standard InChI is InChI=1S/C10H19NO2/c1-3-4-6-10(12,9-13-2)7-5-8-11/h1,12H,4-9,11H2,2H3. The summed E-state index contributed by atoms with van der Waals surface area (Å²) in [6.45, 7) is 0.913. The Morgan fingerprint density at radius 1 is 1.54 bits per heavy atom. The van der Waals surface area contributed by atoms with Gasteiger partial charge < -0.3 is 15.6 Å². The molecule has 0 aliphatic rings. The quantitative estimate of drug-likeness (QED) is 0.568. The molecule has 0 heterocycles. The molecule has 3 N–H and O–H groups in total. The first-order valence-electron chi connectivity index (χ1n) is 4.53. The van der Waals surface area contributed by atoms with Crippen LogP contribution in [0.4, 0.5) is 0 Å². The largest absolute Gasteiger partial charge is 0.387 e. The Bertz CT molecular complexity index is 165. The van der Waals surface area contributed by atoms with E-state index in [9.17, 15) is 5.11 Å². The lowest BCUT2D eigenvalue weighted by Gasteiger charge is -2.26. The van der Waals surface area contributed by atoms with Gasteiger partial charge in [-0.25, -0.2) is 0 Å². The number of methoxy groups -OCH3 is 1. The normalized spacial score (nSPS) is 14.9. The van der Waals surface area contributed by atoms with Gasteiger partial charge in [0.15, 0.2) is 0 Å². The van der Waals surface area contributed by atoms with Crippen LogP contribution in [0.2, 0.25) is 0 Å². The molecule has 76 valence electrons. The van der Waals surface area contributed by atoms with E-state index >= 15 is 0 Å².